The Kier molecular flexibility index (Phi) is 3.27. The molecule has 0 bridgehead atoms. The molecule has 1 heterocycles. The van der Waals surface area contributed by atoms with Crippen LogP contribution in [0.2, 0.25) is 5.02 Å². The van der Waals surface area contributed by atoms with Crippen LogP contribution in [0.4, 0.5) is 5.69 Å². The Morgan fingerprint density at radius 1 is 1.32 bits per heavy atom. The van der Waals surface area contributed by atoms with E-state index in [2.05, 4.69) is 10.1 Å². The van der Waals surface area contributed by atoms with Gasteiger partial charge in [0.05, 0.1) is 10.7 Å². The molecule has 3 N–H and O–H groups in total. The molecule has 1 saturated heterocycles. The Morgan fingerprint density at radius 2 is 2.00 bits per heavy atom. The molecule has 4 nitrogen and oxygen atoms in total. The average molecular weight is 280 g/mol. The average Bonchev–Trinajstić information content (AvgIpc) is 2.98. The molecule has 2 aliphatic rings. The quantitative estimate of drug-likeness (QED) is 0.379. The summed E-state index contributed by atoms with van der Waals surface area (Å²) in [6.45, 7) is 2.21. The third kappa shape index (κ3) is 2.25. The van der Waals surface area contributed by atoms with Crippen LogP contribution in [0, 0.1) is 11.8 Å². The molecule has 0 amide bonds. The molecule has 2 fully saturated rings. The van der Waals surface area contributed by atoms with Crippen molar-refractivity contribution < 1.29 is 5.21 Å². The standard InChI is InChI=1S/C14H18ClN3O/c15-12-6-9(14(16)17-19)4-5-13(12)18-7-10-2-1-3-11(10)8-18/h4-6,10-11,19H,1-3,7-8H2,(H2,16,17). The number of benzene rings is 1. The molecule has 0 aromatic heterocycles. The predicted molar refractivity (Wildman–Crippen MR) is 77.0 cm³/mol. The largest absolute Gasteiger partial charge is 0.409 e. The van der Waals surface area contributed by atoms with E-state index in [0.29, 0.717) is 10.6 Å². The second-order valence-corrected chi connectivity index (χ2v) is 5.91. The fourth-order valence-corrected chi connectivity index (χ4v) is 3.71. The summed E-state index contributed by atoms with van der Waals surface area (Å²) in [7, 11) is 0. The van der Waals surface area contributed by atoms with E-state index in [1.54, 1.807) is 6.07 Å². The van der Waals surface area contributed by atoms with Gasteiger partial charge in [0.25, 0.3) is 0 Å². The molecular formula is C14H18ClN3O. The minimum Gasteiger partial charge on any atom is -0.409 e. The van der Waals surface area contributed by atoms with E-state index in [9.17, 15) is 0 Å². The lowest BCUT2D eigenvalue weighted by Gasteiger charge is -2.21. The number of nitrogens with zero attached hydrogens (tertiary/aromatic N) is 2. The van der Waals surface area contributed by atoms with Gasteiger partial charge in [0.2, 0.25) is 0 Å². The van der Waals surface area contributed by atoms with E-state index < -0.39 is 0 Å². The second kappa shape index (κ2) is 4.93. The molecule has 1 aliphatic heterocycles. The maximum atomic E-state index is 8.68. The van der Waals surface area contributed by atoms with Crippen LogP contribution in [0.1, 0.15) is 24.8 Å². The molecule has 1 saturated carbocycles. The molecule has 1 aliphatic carbocycles. The molecule has 102 valence electrons. The van der Waals surface area contributed by atoms with Crippen molar-refractivity contribution in [3.8, 4) is 0 Å². The molecule has 0 spiro atoms. The van der Waals surface area contributed by atoms with Gasteiger partial charge < -0.3 is 15.8 Å². The van der Waals surface area contributed by atoms with Gasteiger partial charge in [-0.25, -0.2) is 0 Å². The molecule has 0 radical (unpaired) electrons. The van der Waals surface area contributed by atoms with Gasteiger partial charge in [0.15, 0.2) is 5.84 Å². The number of hydrogen-bond acceptors (Lipinski definition) is 3. The summed E-state index contributed by atoms with van der Waals surface area (Å²) in [5, 5.41) is 12.3. The first kappa shape index (κ1) is 12.6. The monoisotopic (exact) mass is 279 g/mol. The van der Waals surface area contributed by atoms with Gasteiger partial charge in [-0.05, 0) is 42.9 Å². The van der Waals surface area contributed by atoms with Crippen molar-refractivity contribution in [3.63, 3.8) is 0 Å². The number of anilines is 1. The number of fused-ring (bicyclic) bond motifs is 1. The number of amidine groups is 1. The normalized spacial score (nSPS) is 26.8. The molecule has 3 rings (SSSR count). The van der Waals surface area contributed by atoms with E-state index in [4.69, 9.17) is 22.5 Å². The third-order valence-electron chi connectivity index (χ3n) is 4.42. The first-order chi connectivity index (χ1) is 9.19. The zero-order chi connectivity index (χ0) is 13.4. The van der Waals surface area contributed by atoms with E-state index in [-0.39, 0.29) is 5.84 Å². The number of hydrogen-bond donors (Lipinski definition) is 2. The Bertz CT molecular complexity index is 505. The summed E-state index contributed by atoms with van der Waals surface area (Å²) < 4.78 is 0. The summed E-state index contributed by atoms with van der Waals surface area (Å²) in [5.74, 6) is 1.76. The lowest BCUT2D eigenvalue weighted by molar-refractivity contribution is 0.318. The van der Waals surface area contributed by atoms with E-state index in [1.165, 1.54) is 19.3 Å². The SMILES string of the molecule is N/C(=N/O)c1ccc(N2CC3CCCC3C2)c(Cl)c1. The number of halogens is 1. The van der Waals surface area contributed by atoms with Crippen LogP contribution in [0.25, 0.3) is 0 Å². The first-order valence-corrected chi connectivity index (χ1v) is 7.09. The van der Waals surface area contributed by atoms with Gasteiger partial charge in [0, 0.05) is 18.7 Å². The van der Waals surface area contributed by atoms with Gasteiger partial charge in [-0.2, -0.15) is 0 Å². The van der Waals surface area contributed by atoms with E-state index in [1.807, 2.05) is 12.1 Å². The highest BCUT2D eigenvalue weighted by atomic mass is 35.5. The smallest absolute Gasteiger partial charge is 0.170 e. The summed E-state index contributed by atoms with van der Waals surface area (Å²) in [5.41, 5.74) is 7.28. The fraction of sp³-hybridized carbons (Fsp3) is 0.500. The zero-order valence-corrected chi connectivity index (χ0v) is 11.5. The van der Waals surface area contributed by atoms with Crippen molar-refractivity contribution in [1.82, 2.24) is 0 Å². The van der Waals surface area contributed by atoms with Crippen molar-refractivity contribution >= 4 is 23.1 Å². The topological polar surface area (TPSA) is 61.9 Å². The van der Waals surface area contributed by atoms with Crippen LogP contribution in [0.5, 0.6) is 0 Å². The Morgan fingerprint density at radius 3 is 2.58 bits per heavy atom. The van der Waals surface area contributed by atoms with Crippen molar-refractivity contribution in [1.29, 1.82) is 0 Å². The van der Waals surface area contributed by atoms with Crippen molar-refractivity contribution in [2.75, 3.05) is 18.0 Å². The van der Waals surface area contributed by atoms with E-state index >= 15 is 0 Å². The minimum absolute atomic E-state index is 0.0896. The van der Waals surface area contributed by atoms with Gasteiger partial charge in [0.1, 0.15) is 0 Å². The molecule has 2 atom stereocenters. The van der Waals surface area contributed by atoms with Gasteiger partial charge >= 0.3 is 0 Å². The van der Waals surface area contributed by atoms with Crippen molar-refractivity contribution in [2.45, 2.75) is 19.3 Å². The second-order valence-electron chi connectivity index (χ2n) is 5.51. The Balaban J connectivity index is 1.82. The van der Waals surface area contributed by atoms with Crippen LogP contribution in [0.15, 0.2) is 23.4 Å². The molecule has 1 aromatic rings. The highest BCUT2D eigenvalue weighted by Crippen LogP contribution is 2.41. The van der Waals surface area contributed by atoms with Crippen molar-refractivity contribution in [3.05, 3.63) is 28.8 Å². The highest BCUT2D eigenvalue weighted by Gasteiger charge is 2.36. The fourth-order valence-electron chi connectivity index (χ4n) is 3.41. The summed E-state index contributed by atoms with van der Waals surface area (Å²) in [4.78, 5) is 2.37. The van der Waals surface area contributed by atoms with Crippen LogP contribution in [-0.4, -0.2) is 24.1 Å². The summed E-state index contributed by atoms with van der Waals surface area (Å²) in [6, 6.07) is 5.58. The summed E-state index contributed by atoms with van der Waals surface area (Å²) >= 11 is 6.33. The number of nitrogens with two attached hydrogens (primary N) is 1. The maximum absolute atomic E-state index is 8.68. The molecule has 2 unspecified atom stereocenters. The third-order valence-corrected chi connectivity index (χ3v) is 4.72. The number of oxime groups is 1. The van der Waals surface area contributed by atoms with Crippen LogP contribution >= 0.6 is 11.6 Å². The molecular weight excluding hydrogens is 262 g/mol. The maximum Gasteiger partial charge on any atom is 0.170 e. The first-order valence-electron chi connectivity index (χ1n) is 6.71. The Hall–Kier alpha value is -1.42. The molecule has 5 heteroatoms. The summed E-state index contributed by atoms with van der Waals surface area (Å²) in [6.07, 6.45) is 4.07. The van der Waals surface area contributed by atoms with Gasteiger partial charge in [-0.3, -0.25) is 0 Å². The molecule has 19 heavy (non-hydrogen) atoms. The Labute approximate surface area is 117 Å². The highest BCUT2D eigenvalue weighted by molar-refractivity contribution is 6.33. The van der Waals surface area contributed by atoms with Crippen LogP contribution < -0.4 is 10.6 Å². The lowest BCUT2D eigenvalue weighted by atomic mass is 10.0. The van der Waals surface area contributed by atoms with Crippen molar-refractivity contribution in [2.24, 2.45) is 22.7 Å². The van der Waals surface area contributed by atoms with Crippen LogP contribution in [0.3, 0.4) is 0 Å². The minimum atomic E-state index is 0.0896. The predicted octanol–water partition coefficient (Wildman–Crippen LogP) is 2.67. The van der Waals surface area contributed by atoms with E-state index in [0.717, 1.165) is 30.6 Å². The van der Waals surface area contributed by atoms with Gasteiger partial charge in [-0.1, -0.05) is 23.2 Å². The molecule has 1 aromatic carbocycles. The zero-order valence-electron chi connectivity index (χ0n) is 10.7. The number of rotatable bonds is 2. The van der Waals surface area contributed by atoms with Gasteiger partial charge in [-0.15, -0.1) is 0 Å². The van der Waals surface area contributed by atoms with Crippen LogP contribution in [-0.2, 0) is 0 Å². The lowest BCUT2D eigenvalue weighted by Crippen LogP contribution is -2.21.